The van der Waals surface area contributed by atoms with E-state index < -0.39 is 5.97 Å². The van der Waals surface area contributed by atoms with Crippen molar-refractivity contribution in [1.29, 1.82) is 0 Å². The molecule has 2 rings (SSSR count). The first-order chi connectivity index (χ1) is 13.1. The van der Waals surface area contributed by atoms with E-state index in [1.54, 1.807) is 12.1 Å². The van der Waals surface area contributed by atoms with Crippen LogP contribution in [-0.2, 0) is 0 Å². The Kier molecular flexibility index (Phi) is 8.62. The summed E-state index contributed by atoms with van der Waals surface area (Å²) in [5.74, 6) is -0.315. The number of hydrogen-bond donors (Lipinski definition) is 2. The van der Waals surface area contributed by atoms with Gasteiger partial charge in [-0.25, -0.2) is 4.79 Å². The number of aromatic amines is 1. The van der Waals surface area contributed by atoms with E-state index >= 15 is 0 Å². The van der Waals surface area contributed by atoms with Crippen LogP contribution in [0.3, 0.4) is 0 Å². The summed E-state index contributed by atoms with van der Waals surface area (Å²) in [4.78, 5) is 25.5. The van der Waals surface area contributed by atoms with Crippen molar-refractivity contribution in [3.8, 4) is 16.9 Å². The predicted molar refractivity (Wildman–Crippen MR) is 108 cm³/mol. The zero-order valence-electron chi connectivity index (χ0n) is 16.0. The Morgan fingerprint density at radius 1 is 1.00 bits per heavy atom. The quantitative estimate of drug-likeness (QED) is 0.499. The van der Waals surface area contributed by atoms with E-state index in [4.69, 9.17) is 9.84 Å². The average Bonchev–Trinajstić information content (AvgIpc) is 2.67. The maximum Gasteiger partial charge on any atom is 0.337 e. The number of carboxylic acids is 1. The first kappa shape index (κ1) is 20.7. The lowest BCUT2D eigenvalue weighted by atomic mass is 10.1. The summed E-state index contributed by atoms with van der Waals surface area (Å²) >= 11 is 0. The van der Waals surface area contributed by atoms with E-state index in [-0.39, 0.29) is 11.1 Å². The predicted octanol–water partition coefficient (Wildman–Crippen LogP) is 5.26. The molecule has 0 saturated heterocycles. The zero-order valence-corrected chi connectivity index (χ0v) is 16.0. The van der Waals surface area contributed by atoms with Crippen LogP contribution in [0, 0.1) is 0 Å². The first-order valence-corrected chi connectivity index (χ1v) is 9.81. The van der Waals surface area contributed by atoms with E-state index in [1.165, 1.54) is 57.2 Å². The van der Waals surface area contributed by atoms with Gasteiger partial charge in [-0.05, 0) is 30.2 Å². The fourth-order valence-electron chi connectivity index (χ4n) is 2.98. The van der Waals surface area contributed by atoms with Crippen molar-refractivity contribution < 1.29 is 14.6 Å². The number of ether oxygens (including phenoxy) is 1. The molecule has 2 aromatic rings. The van der Waals surface area contributed by atoms with Crippen molar-refractivity contribution in [1.82, 2.24) is 4.98 Å². The molecule has 5 heteroatoms. The number of aromatic nitrogens is 1. The molecule has 0 bridgehead atoms. The number of benzene rings is 1. The minimum Gasteiger partial charge on any atom is -0.494 e. The Morgan fingerprint density at radius 2 is 1.63 bits per heavy atom. The van der Waals surface area contributed by atoms with Crippen LogP contribution in [0.5, 0.6) is 5.75 Å². The fourth-order valence-corrected chi connectivity index (χ4v) is 2.98. The minimum atomic E-state index is -1.07. The molecule has 1 aromatic carbocycles. The van der Waals surface area contributed by atoms with E-state index in [0.29, 0.717) is 17.7 Å². The minimum absolute atomic E-state index is 0.0552. The lowest BCUT2D eigenvalue weighted by molar-refractivity contribution is 0.0696. The molecule has 0 saturated carbocycles. The number of nitrogens with one attached hydrogen (secondary N) is 1. The van der Waals surface area contributed by atoms with Crippen LogP contribution in [0.15, 0.2) is 41.3 Å². The number of rotatable bonds is 12. The smallest absolute Gasteiger partial charge is 0.337 e. The number of H-pyrrole nitrogens is 1. The summed E-state index contributed by atoms with van der Waals surface area (Å²) < 4.78 is 5.75. The van der Waals surface area contributed by atoms with Crippen molar-refractivity contribution in [2.45, 2.75) is 58.3 Å². The molecular weight excluding hydrogens is 342 g/mol. The molecule has 1 aromatic heterocycles. The standard InChI is InChI=1S/C22H29NO4/c1-2-3-4-5-6-7-8-9-14-27-19-12-10-17(11-13-19)20-15-18(22(25)26)16-23-21(20)24/h10-13,15-16H,2-9,14H2,1H3,(H,23,24)(H,25,26). The molecular formula is C22H29NO4. The molecule has 27 heavy (non-hydrogen) atoms. The molecule has 1 heterocycles. The number of pyridine rings is 1. The van der Waals surface area contributed by atoms with Crippen LogP contribution in [0.1, 0.15) is 68.6 Å². The van der Waals surface area contributed by atoms with Gasteiger partial charge in [0.1, 0.15) is 5.75 Å². The van der Waals surface area contributed by atoms with E-state index in [0.717, 1.165) is 12.2 Å². The average molecular weight is 371 g/mol. The molecule has 0 aliphatic heterocycles. The van der Waals surface area contributed by atoms with Crippen molar-refractivity contribution in [3.63, 3.8) is 0 Å². The third-order valence-corrected chi connectivity index (χ3v) is 4.58. The molecule has 0 radical (unpaired) electrons. The SMILES string of the molecule is CCCCCCCCCCOc1ccc(-c2cc(C(=O)O)c[nH]c2=O)cc1. The summed E-state index contributed by atoms with van der Waals surface area (Å²) in [6.45, 7) is 2.92. The molecule has 146 valence electrons. The Labute approximate surface area is 160 Å². The van der Waals surface area contributed by atoms with Gasteiger partial charge in [0, 0.05) is 11.8 Å². The second kappa shape index (κ2) is 11.2. The summed E-state index contributed by atoms with van der Waals surface area (Å²) in [6.07, 6.45) is 11.3. The van der Waals surface area contributed by atoms with Gasteiger partial charge in [0.2, 0.25) is 0 Å². The van der Waals surface area contributed by atoms with Crippen molar-refractivity contribution >= 4 is 5.97 Å². The topological polar surface area (TPSA) is 79.4 Å². The Balaban J connectivity index is 1.78. The summed E-state index contributed by atoms with van der Waals surface area (Å²) in [5.41, 5.74) is 0.746. The van der Waals surface area contributed by atoms with Gasteiger partial charge in [-0.2, -0.15) is 0 Å². The Morgan fingerprint density at radius 3 is 2.26 bits per heavy atom. The molecule has 0 fully saturated rings. The summed E-state index contributed by atoms with van der Waals surface area (Å²) in [7, 11) is 0. The highest BCUT2D eigenvalue weighted by Crippen LogP contribution is 2.21. The molecule has 2 N–H and O–H groups in total. The third kappa shape index (κ3) is 6.93. The normalized spacial score (nSPS) is 10.7. The van der Waals surface area contributed by atoms with Gasteiger partial charge in [0.05, 0.1) is 12.2 Å². The maximum absolute atomic E-state index is 12.0. The highest BCUT2D eigenvalue weighted by molar-refractivity contribution is 5.88. The van der Waals surface area contributed by atoms with Gasteiger partial charge in [-0.1, -0.05) is 64.0 Å². The highest BCUT2D eigenvalue weighted by Gasteiger charge is 2.09. The fraction of sp³-hybridized carbons (Fsp3) is 0.455. The van der Waals surface area contributed by atoms with Crippen LogP contribution in [0.2, 0.25) is 0 Å². The van der Waals surface area contributed by atoms with Crippen LogP contribution >= 0.6 is 0 Å². The number of aromatic carboxylic acids is 1. The highest BCUT2D eigenvalue weighted by atomic mass is 16.5. The van der Waals surface area contributed by atoms with E-state index in [2.05, 4.69) is 11.9 Å². The molecule has 0 unspecified atom stereocenters. The zero-order chi connectivity index (χ0) is 19.5. The monoisotopic (exact) mass is 371 g/mol. The van der Waals surface area contributed by atoms with Gasteiger partial charge in [0.25, 0.3) is 5.56 Å². The van der Waals surface area contributed by atoms with Crippen LogP contribution in [-0.4, -0.2) is 22.7 Å². The maximum atomic E-state index is 12.0. The second-order valence-electron chi connectivity index (χ2n) is 6.78. The number of unbranched alkanes of at least 4 members (excludes halogenated alkanes) is 7. The van der Waals surface area contributed by atoms with Gasteiger partial charge in [0.15, 0.2) is 0 Å². The van der Waals surface area contributed by atoms with Crippen LogP contribution in [0.25, 0.3) is 11.1 Å². The Hall–Kier alpha value is -2.56. The second-order valence-corrected chi connectivity index (χ2v) is 6.78. The number of hydrogen-bond acceptors (Lipinski definition) is 3. The molecule has 0 amide bonds. The van der Waals surface area contributed by atoms with Gasteiger partial charge in [-0.15, -0.1) is 0 Å². The summed E-state index contributed by atoms with van der Waals surface area (Å²) in [6, 6.07) is 8.57. The van der Waals surface area contributed by atoms with Crippen molar-refractivity contribution in [2.24, 2.45) is 0 Å². The van der Waals surface area contributed by atoms with Gasteiger partial charge < -0.3 is 14.8 Å². The van der Waals surface area contributed by atoms with E-state index in [1.807, 2.05) is 12.1 Å². The van der Waals surface area contributed by atoms with Crippen LogP contribution < -0.4 is 10.3 Å². The van der Waals surface area contributed by atoms with Gasteiger partial charge >= 0.3 is 5.97 Å². The van der Waals surface area contributed by atoms with Crippen LogP contribution in [0.4, 0.5) is 0 Å². The molecule has 0 aliphatic rings. The number of carbonyl (C=O) groups is 1. The molecule has 5 nitrogen and oxygen atoms in total. The lowest BCUT2D eigenvalue weighted by Gasteiger charge is -2.08. The summed E-state index contributed by atoms with van der Waals surface area (Å²) in [5, 5.41) is 9.06. The van der Waals surface area contributed by atoms with Crippen molar-refractivity contribution in [2.75, 3.05) is 6.61 Å². The Bertz CT molecular complexity index is 765. The largest absolute Gasteiger partial charge is 0.494 e. The van der Waals surface area contributed by atoms with E-state index in [9.17, 15) is 9.59 Å². The molecule has 0 aliphatic carbocycles. The third-order valence-electron chi connectivity index (χ3n) is 4.58. The molecule has 0 atom stereocenters. The lowest BCUT2D eigenvalue weighted by Crippen LogP contribution is -2.11. The van der Waals surface area contributed by atoms with Crippen molar-refractivity contribution in [3.05, 3.63) is 52.4 Å². The van der Waals surface area contributed by atoms with Gasteiger partial charge in [-0.3, -0.25) is 4.79 Å². The number of carboxylic acid groups (broad SMARTS) is 1. The molecule has 0 spiro atoms. The first-order valence-electron chi connectivity index (χ1n) is 9.81.